The van der Waals surface area contributed by atoms with E-state index in [2.05, 4.69) is 42.5 Å². The van der Waals surface area contributed by atoms with E-state index in [9.17, 15) is 0 Å². The summed E-state index contributed by atoms with van der Waals surface area (Å²) in [6.07, 6.45) is 7.92. The highest BCUT2D eigenvalue weighted by Gasteiger charge is 2.25. The van der Waals surface area contributed by atoms with E-state index in [0.29, 0.717) is 5.92 Å². The quantitative estimate of drug-likeness (QED) is 0.689. The molecule has 1 atom stereocenters. The molecule has 0 spiro atoms. The molecule has 96 valence electrons. The van der Waals surface area contributed by atoms with Crippen LogP contribution in [0.3, 0.4) is 0 Å². The van der Waals surface area contributed by atoms with Crippen LogP contribution in [0.25, 0.3) is 0 Å². The van der Waals surface area contributed by atoms with Gasteiger partial charge in [-0.25, -0.2) is 0 Å². The molecule has 2 aliphatic carbocycles. The monoisotopic (exact) mass is 248 g/mol. The van der Waals surface area contributed by atoms with Gasteiger partial charge in [-0.3, -0.25) is 0 Å². The van der Waals surface area contributed by atoms with Gasteiger partial charge in [0.1, 0.15) is 0 Å². The van der Waals surface area contributed by atoms with E-state index in [1.165, 1.54) is 44.1 Å². The molecule has 0 fully saturated rings. The summed E-state index contributed by atoms with van der Waals surface area (Å²) in [4.78, 5) is 0. The molecule has 0 nitrogen and oxygen atoms in total. The van der Waals surface area contributed by atoms with Gasteiger partial charge < -0.3 is 0 Å². The molecule has 19 heavy (non-hydrogen) atoms. The van der Waals surface area contributed by atoms with Crippen molar-refractivity contribution in [3.05, 3.63) is 70.3 Å². The molecule has 0 bridgehead atoms. The van der Waals surface area contributed by atoms with Crippen molar-refractivity contribution in [1.29, 1.82) is 0 Å². The number of hydrogen-bond donors (Lipinski definition) is 0. The van der Waals surface area contributed by atoms with Gasteiger partial charge in [-0.05, 0) is 66.3 Å². The lowest BCUT2D eigenvalue weighted by Gasteiger charge is -2.19. The maximum Gasteiger partial charge on any atom is 0.00953 e. The van der Waals surface area contributed by atoms with Crippen LogP contribution in [0.5, 0.6) is 0 Å². The topological polar surface area (TPSA) is 0 Å². The van der Waals surface area contributed by atoms with Crippen molar-refractivity contribution in [2.24, 2.45) is 0 Å². The van der Waals surface area contributed by atoms with Crippen LogP contribution in [0.1, 0.15) is 53.0 Å². The standard InChI is InChI=1S/C19H20/c1-2-6-14(7-3-1)18-11-10-17-12-15-8-4-5-9-16(15)13-19(17)18/h1-3,6-7,12-13,18H,4-5,8-11H2. The normalized spacial score (nSPS) is 20.9. The number of hydrogen-bond acceptors (Lipinski definition) is 0. The van der Waals surface area contributed by atoms with Gasteiger partial charge >= 0.3 is 0 Å². The summed E-state index contributed by atoms with van der Waals surface area (Å²) in [7, 11) is 0. The lowest BCUT2D eigenvalue weighted by molar-refractivity contribution is 0.683. The molecule has 0 saturated carbocycles. The van der Waals surface area contributed by atoms with Crippen molar-refractivity contribution < 1.29 is 0 Å². The van der Waals surface area contributed by atoms with Crippen molar-refractivity contribution in [3.8, 4) is 0 Å². The van der Waals surface area contributed by atoms with Gasteiger partial charge in [-0.2, -0.15) is 0 Å². The van der Waals surface area contributed by atoms with E-state index >= 15 is 0 Å². The Hall–Kier alpha value is -1.56. The lowest BCUT2D eigenvalue weighted by Crippen LogP contribution is -2.05. The molecular formula is C19H20. The molecule has 2 aromatic rings. The van der Waals surface area contributed by atoms with Crippen LogP contribution in [-0.4, -0.2) is 0 Å². The smallest absolute Gasteiger partial charge is 0.00953 e. The van der Waals surface area contributed by atoms with E-state index in [4.69, 9.17) is 0 Å². The predicted molar refractivity (Wildman–Crippen MR) is 79.7 cm³/mol. The zero-order valence-electron chi connectivity index (χ0n) is 11.4. The van der Waals surface area contributed by atoms with E-state index in [0.717, 1.165) is 0 Å². The fourth-order valence-electron chi connectivity index (χ4n) is 3.88. The van der Waals surface area contributed by atoms with Gasteiger partial charge in [0.15, 0.2) is 0 Å². The Morgan fingerprint density at radius 3 is 2.26 bits per heavy atom. The zero-order chi connectivity index (χ0) is 12.7. The first kappa shape index (κ1) is 11.3. The minimum Gasteiger partial charge on any atom is -0.0622 e. The Morgan fingerprint density at radius 1 is 0.737 bits per heavy atom. The number of aryl methyl sites for hydroxylation is 3. The second kappa shape index (κ2) is 4.52. The molecule has 0 N–H and O–H groups in total. The molecular weight excluding hydrogens is 228 g/mol. The van der Waals surface area contributed by atoms with Gasteiger partial charge in [-0.15, -0.1) is 0 Å². The molecule has 1 unspecified atom stereocenters. The van der Waals surface area contributed by atoms with Crippen LogP contribution >= 0.6 is 0 Å². The third-order valence-corrected chi connectivity index (χ3v) is 4.88. The molecule has 0 heterocycles. The first-order valence-corrected chi connectivity index (χ1v) is 7.61. The number of benzene rings is 2. The second-order valence-corrected chi connectivity index (χ2v) is 6.03. The largest absolute Gasteiger partial charge is 0.0622 e. The Balaban J connectivity index is 1.78. The average Bonchev–Trinajstić information content (AvgIpc) is 2.88. The first-order chi connectivity index (χ1) is 9.42. The van der Waals surface area contributed by atoms with Crippen molar-refractivity contribution in [1.82, 2.24) is 0 Å². The van der Waals surface area contributed by atoms with Crippen LogP contribution in [0.15, 0.2) is 42.5 Å². The highest BCUT2D eigenvalue weighted by Crippen LogP contribution is 2.40. The summed E-state index contributed by atoms with van der Waals surface area (Å²) in [5.74, 6) is 0.642. The lowest BCUT2D eigenvalue weighted by atomic mass is 9.86. The Bertz CT molecular complexity index is 595. The summed E-state index contributed by atoms with van der Waals surface area (Å²) in [5.41, 5.74) is 8.00. The fraction of sp³-hybridized carbons (Fsp3) is 0.368. The highest BCUT2D eigenvalue weighted by molar-refractivity contribution is 5.47. The minimum atomic E-state index is 0.642. The molecule has 0 aliphatic heterocycles. The summed E-state index contributed by atoms with van der Waals surface area (Å²) in [5, 5.41) is 0. The number of rotatable bonds is 1. The van der Waals surface area contributed by atoms with Gasteiger partial charge in [-0.1, -0.05) is 42.5 Å². The van der Waals surface area contributed by atoms with Crippen LogP contribution in [0.4, 0.5) is 0 Å². The average molecular weight is 248 g/mol. The molecule has 0 radical (unpaired) electrons. The maximum absolute atomic E-state index is 2.54. The SMILES string of the molecule is c1ccc(C2CCc3cc4c(cc32)CCCC4)cc1. The Kier molecular flexibility index (Phi) is 2.69. The van der Waals surface area contributed by atoms with Gasteiger partial charge in [0.2, 0.25) is 0 Å². The molecule has 0 heteroatoms. The van der Waals surface area contributed by atoms with Gasteiger partial charge in [0, 0.05) is 5.92 Å². The summed E-state index contributed by atoms with van der Waals surface area (Å²) >= 11 is 0. The molecule has 0 amide bonds. The number of fused-ring (bicyclic) bond motifs is 2. The van der Waals surface area contributed by atoms with Crippen molar-refractivity contribution in [3.63, 3.8) is 0 Å². The van der Waals surface area contributed by atoms with Crippen LogP contribution in [-0.2, 0) is 19.3 Å². The fourth-order valence-corrected chi connectivity index (χ4v) is 3.88. The maximum atomic E-state index is 2.54. The molecule has 2 aliphatic rings. The summed E-state index contributed by atoms with van der Waals surface area (Å²) in [6.45, 7) is 0. The van der Waals surface area contributed by atoms with Crippen LogP contribution < -0.4 is 0 Å². The molecule has 4 rings (SSSR count). The van der Waals surface area contributed by atoms with E-state index in [1.54, 1.807) is 22.3 Å². The summed E-state index contributed by atoms with van der Waals surface area (Å²) < 4.78 is 0. The van der Waals surface area contributed by atoms with Crippen molar-refractivity contribution in [2.45, 2.75) is 44.4 Å². The molecule has 0 saturated heterocycles. The second-order valence-electron chi connectivity index (χ2n) is 6.03. The molecule has 2 aromatic carbocycles. The first-order valence-electron chi connectivity index (χ1n) is 7.61. The minimum absolute atomic E-state index is 0.642. The predicted octanol–water partition coefficient (Wildman–Crippen LogP) is 4.64. The summed E-state index contributed by atoms with van der Waals surface area (Å²) in [6, 6.07) is 16.1. The van der Waals surface area contributed by atoms with Crippen molar-refractivity contribution in [2.75, 3.05) is 0 Å². The van der Waals surface area contributed by atoms with E-state index < -0.39 is 0 Å². The Morgan fingerprint density at radius 2 is 1.47 bits per heavy atom. The van der Waals surface area contributed by atoms with Crippen molar-refractivity contribution >= 4 is 0 Å². The van der Waals surface area contributed by atoms with Crippen LogP contribution in [0, 0.1) is 0 Å². The van der Waals surface area contributed by atoms with Gasteiger partial charge in [0.25, 0.3) is 0 Å². The Labute approximate surface area is 115 Å². The third kappa shape index (κ3) is 1.90. The zero-order valence-corrected chi connectivity index (χ0v) is 11.4. The van der Waals surface area contributed by atoms with Gasteiger partial charge in [0.05, 0.1) is 0 Å². The third-order valence-electron chi connectivity index (χ3n) is 4.88. The van der Waals surface area contributed by atoms with E-state index in [1.807, 2.05) is 0 Å². The van der Waals surface area contributed by atoms with E-state index in [-0.39, 0.29) is 0 Å². The van der Waals surface area contributed by atoms with Crippen LogP contribution in [0.2, 0.25) is 0 Å². The molecule has 0 aromatic heterocycles. The highest BCUT2D eigenvalue weighted by atomic mass is 14.3.